The van der Waals surface area contributed by atoms with Crippen LogP contribution >= 0.6 is 11.6 Å². The van der Waals surface area contributed by atoms with Crippen molar-refractivity contribution in [3.63, 3.8) is 0 Å². The van der Waals surface area contributed by atoms with Crippen LogP contribution in [0.4, 0.5) is 0 Å². The van der Waals surface area contributed by atoms with Crippen LogP contribution in [0, 0.1) is 0 Å². The van der Waals surface area contributed by atoms with E-state index in [1.807, 2.05) is 13.0 Å². The number of nitrogens with two attached hydrogens (primary N) is 1. The van der Waals surface area contributed by atoms with Gasteiger partial charge in [0.2, 0.25) is 0 Å². The lowest BCUT2D eigenvalue weighted by Crippen LogP contribution is -2.07. The van der Waals surface area contributed by atoms with Gasteiger partial charge in [-0.15, -0.1) is 0 Å². The van der Waals surface area contributed by atoms with Gasteiger partial charge in [-0.05, 0) is 19.1 Å². The summed E-state index contributed by atoms with van der Waals surface area (Å²) in [5, 5.41) is 0.463. The van der Waals surface area contributed by atoms with Crippen LogP contribution in [-0.4, -0.2) is 14.2 Å². The van der Waals surface area contributed by atoms with Crippen LogP contribution in [0.5, 0.6) is 11.5 Å². The average Bonchev–Trinajstić information content (AvgIpc) is 2.17. The first kappa shape index (κ1) is 11.1. The third kappa shape index (κ3) is 1.94. The molecule has 78 valence electrons. The molecule has 1 rings (SSSR count). The van der Waals surface area contributed by atoms with Crippen molar-refractivity contribution in [2.24, 2.45) is 5.73 Å². The molecule has 0 aliphatic heterocycles. The number of hydrogen-bond donors (Lipinski definition) is 1. The van der Waals surface area contributed by atoms with Gasteiger partial charge in [-0.2, -0.15) is 0 Å². The lowest BCUT2D eigenvalue weighted by atomic mass is 10.1. The summed E-state index contributed by atoms with van der Waals surface area (Å²) in [6.07, 6.45) is 0. The van der Waals surface area contributed by atoms with Crippen LogP contribution in [0.2, 0.25) is 5.02 Å². The van der Waals surface area contributed by atoms with E-state index >= 15 is 0 Å². The fourth-order valence-electron chi connectivity index (χ4n) is 1.28. The molecule has 0 saturated heterocycles. The molecule has 0 aromatic heterocycles. The normalized spacial score (nSPS) is 12.4. The van der Waals surface area contributed by atoms with Gasteiger partial charge in [0.15, 0.2) is 0 Å². The Morgan fingerprint density at radius 3 is 2.36 bits per heavy atom. The van der Waals surface area contributed by atoms with E-state index in [-0.39, 0.29) is 6.04 Å². The van der Waals surface area contributed by atoms with Crippen molar-refractivity contribution in [1.82, 2.24) is 0 Å². The molecule has 1 unspecified atom stereocenters. The Morgan fingerprint density at radius 1 is 1.29 bits per heavy atom. The molecule has 0 spiro atoms. The highest BCUT2D eigenvalue weighted by molar-refractivity contribution is 6.33. The van der Waals surface area contributed by atoms with E-state index in [1.165, 1.54) is 0 Å². The van der Waals surface area contributed by atoms with Crippen LogP contribution < -0.4 is 15.2 Å². The maximum Gasteiger partial charge on any atom is 0.146 e. The summed E-state index contributed by atoms with van der Waals surface area (Å²) in [5.41, 5.74) is 6.64. The monoisotopic (exact) mass is 215 g/mol. The first-order chi connectivity index (χ1) is 6.61. The molecule has 0 amide bonds. The zero-order chi connectivity index (χ0) is 10.7. The van der Waals surface area contributed by atoms with Crippen LogP contribution in [0.25, 0.3) is 0 Å². The molecule has 0 aliphatic carbocycles. The predicted molar refractivity (Wildman–Crippen MR) is 57.2 cm³/mol. The number of methoxy groups -OCH3 is 2. The van der Waals surface area contributed by atoms with Crippen LogP contribution in [0.3, 0.4) is 0 Å². The SMILES string of the molecule is COc1ccc(C(C)N)c(OC)c1Cl. The smallest absolute Gasteiger partial charge is 0.146 e. The van der Waals surface area contributed by atoms with Gasteiger partial charge >= 0.3 is 0 Å². The second kappa shape index (κ2) is 4.53. The molecule has 0 heterocycles. The summed E-state index contributed by atoms with van der Waals surface area (Å²) in [7, 11) is 3.12. The van der Waals surface area contributed by atoms with Crippen molar-refractivity contribution in [3.05, 3.63) is 22.7 Å². The second-order valence-corrected chi connectivity index (χ2v) is 3.37. The second-order valence-electron chi connectivity index (χ2n) is 2.99. The minimum Gasteiger partial charge on any atom is -0.495 e. The molecular weight excluding hydrogens is 202 g/mol. The molecule has 0 fully saturated rings. The van der Waals surface area contributed by atoms with Crippen LogP contribution in [-0.2, 0) is 0 Å². The highest BCUT2D eigenvalue weighted by Crippen LogP contribution is 2.38. The van der Waals surface area contributed by atoms with E-state index in [0.717, 1.165) is 5.56 Å². The number of hydrogen-bond acceptors (Lipinski definition) is 3. The summed E-state index contributed by atoms with van der Waals surface area (Å²) in [4.78, 5) is 0. The van der Waals surface area contributed by atoms with Gasteiger partial charge in [0, 0.05) is 11.6 Å². The molecule has 0 aliphatic rings. The fraction of sp³-hybridized carbons (Fsp3) is 0.400. The van der Waals surface area contributed by atoms with E-state index in [9.17, 15) is 0 Å². The molecule has 2 N–H and O–H groups in total. The molecule has 1 aromatic rings. The Morgan fingerprint density at radius 2 is 1.93 bits per heavy atom. The minimum absolute atomic E-state index is 0.117. The summed E-state index contributed by atoms with van der Waals surface area (Å²) in [6.45, 7) is 1.88. The van der Waals surface area contributed by atoms with E-state index in [0.29, 0.717) is 16.5 Å². The van der Waals surface area contributed by atoms with Gasteiger partial charge < -0.3 is 15.2 Å². The molecule has 0 radical (unpaired) electrons. The maximum absolute atomic E-state index is 6.05. The Hall–Kier alpha value is -0.930. The first-order valence-electron chi connectivity index (χ1n) is 4.27. The topological polar surface area (TPSA) is 44.5 Å². The molecule has 0 saturated carbocycles. The third-order valence-electron chi connectivity index (χ3n) is 2.01. The van der Waals surface area contributed by atoms with Gasteiger partial charge in [-0.25, -0.2) is 0 Å². The van der Waals surface area contributed by atoms with Gasteiger partial charge in [0.05, 0.1) is 14.2 Å². The van der Waals surface area contributed by atoms with Crippen molar-refractivity contribution in [2.45, 2.75) is 13.0 Å². The summed E-state index contributed by atoms with van der Waals surface area (Å²) in [6, 6.07) is 3.52. The van der Waals surface area contributed by atoms with Crippen molar-refractivity contribution < 1.29 is 9.47 Å². The van der Waals surface area contributed by atoms with E-state index in [1.54, 1.807) is 20.3 Å². The standard InChI is InChI=1S/C10H14ClNO2/c1-6(12)7-4-5-8(13-2)9(11)10(7)14-3/h4-6H,12H2,1-3H3. The van der Waals surface area contributed by atoms with Gasteiger partial charge in [0.25, 0.3) is 0 Å². The minimum atomic E-state index is -0.117. The molecule has 0 bridgehead atoms. The number of benzene rings is 1. The molecule has 4 heteroatoms. The lowest BCUT2D eigenvalue weighted by molar-refractivity contribution is 0.389. The van der Waals surface area contributed by atoms with Crippen molar-refractivity contribution >= 4 is 11.6 Å². The highest BCUT2D eigenvalue weighted by atomic mass is 35.5. The molecule has 3 nitrogen and oxygen atoms in total. The summed E-state index contributed by atoms with van der Waals surface area (Å²) >= 11 is 6.05. The van der Waals surface area contributed by atoms with E-state index in [4.69, 9.17) is 26.8 Å². The average molecular weight is 216 g/mol. The molecule has 1 atom stereocenters. The van der Waals surface area contributed by atoms with Gasteiger partial charge in [-0.1, -0.05) is 11.6 Å². The number of rotatable bonds is 3. The van der Waals surface area contributed by atoms with Gasteiger partial charge in [0.1, 0.15) is 16.5 Å². The quantitative estimate of drug-likeness (QED) is 0.842. The van der Waals surface area contributed by atoms with Crippen molar-refractivity contribution in [2.75, 3.05) is 14.2 Å². The Balaban J connectivity index is 3.28. The van der Waals surface area contributed by atoms with E-state index in [2.05, 4.69) is 0 Å². The molecular formula is C10H14ClNO2. The first-order valence-corrected chi connectivity index (χ1v) is 4.65. The number of ether oxygens (including phenoxy) is 2. The third-order valence-corrected chi connectivity index (χ3v) is 2.36. The highest BCUT2D eigenvalue weighted by Gasteiger charge is 2.14. The van der Waals surface area contributed by atoms with Crippen LogP contribution in [0.15, 0.2) is 12.1 Å². The van der Waals surface area contributed by atoms with Gasteiger partial charge in [-0.3, -0.25) is 0 Å². The molecule has 1 aromatic carbocycles. The Labute approximate surface area is 88.8 Å². The Bertz CT molecular complexity index is 326. The zero-order valence-corrected chi connectivity index (χ0v) is 9.26. The molecule has 14 heavy (non-hydrogen) atoms. The van der Waals surface area contributed by atoms with Crippen molar-refractivity contribution in [3.8, 4) is 11.5 Å². The van der Waals surface area contributed by atoms with Crippen molar-refractivity contribution in [1.29, 1.82) is 0 Å². The number of halogens is 1. The fourth-order valence-corrected chi connectivity index (χ4v) is 1.60. The van der Waals surface area contributed by atoms with E-state index < -0.39 is 0 Å². The summed E-state index contributed by atoms with van der Waals surface area (Å²) < 4.78 is 10.3. The van der Waals surface area contributed by atoms with Crippen LogP contribution in [0.1, 0.15) is 18.5 Å². The largest absolute Gasteiger partial charge is 0.495 e. The lowest BCUT2D eigenvalue weighted by Gasteiger charge is -2.15. The summed E-state index contributed by atoms with van der Waals surface area (Å²) in [5.74, 6) is 1.17. The zero-order valence-electron chi connectivity index (χ0n) is 8.50. The maximum atomic E-state index is 6.05. The Kier molecular flexibility index (Phi) is 3.61. The predicted octanol–water partition coefficient (Wildman–Crippen LogP) is 2.38.